The highest BCUT2D eigenvalue weighted by molar-refractivity contribution is 5.32. The molecule has 0 bridgehead atoms. The number of likely N-dealkylation sites (N-methyl/N-ethyl adjacent to an activating group) is 1. The summed E-state index contributed by atoms with van der Waals surface area (Å²) in [5, 5.41) is 0. The lowest BCUT2D eigenvalue weighted by atomic mass is 10.4. The van der Waals surface area contributed by atoms with Crippen molar-refractivity contribution in [3.63, 3.8) is 0 Å². The van der Waals surface area contributed by atoms with Gasteiger partial charge < -0.3 is 19.1 Å². The van der Waals surface area contributed by atoms with E-state index in [0.717, 1.165) is 12.2 Å². The van der Waals surface area contributed by atoms with E-state index in [1.54, 1.807) is 37.1 Å². The maximum atomic E-state index is 5.81. The quantitative estimate of drug-likeness (QED) is 0.373. The van der Waals surface area contributed by atoms with Crippen molar-refractivity contribution in [2.24, 2.45) is 0 Å². The van der Waals surface area contributed by atoms with Gasteiger partial charge in [-0.2, -0.15) is 4.57 Å². The maximum Gasteiger partial charge on any atom is 0.391 e. The largest absolute Gasteiger partial charge is 0.484 e. The maximum absolute atomic E-state index is 5.81. The molecule has 3 rings (SSSR count). The van der Waals surface area contributed by atoms with Crippen LogP contribution in [0.5, 0.6) is 17.5 Å². The highest BCUT2D eigenvalue weighted by Gasteiger charge is 2.19. The molecular weight excluding hydrogens is 372 g/mol. The standard InChI is InChI=1S/C20H25N6O3/c1-16-15-21-9-10-26(16)18-20(24-8-7-22-18)29-14-13-27-17-5-4-6-23-19(17)28-12-11-25(2)3/h4-10,15H,11-14H2,1-3H3/q+1. The molecule has 0 radical (unpaired) electrons. The number of hydrogen-bond donors (Lipinski definition) is 0. The molecule has 0 aliphatic heterocycles. The van der Waals surface area contributed by atoms with Crippen LogP contribution in [0, 0.1) is 6.92 Å². The van der Waals surface area contributed by atoms with E-state index < -0.39 is 0 Å². The summed E-state index contributed by atoms with van der Waals surface area (Å²) >= 11 is 0. The van der Waals surface area contributed by atoms with Crippen molar-refractivity contribution in [2.45, 2.75) is 6.92 Å². The summed E-state index contributed by atoms with van der Waals surface area (Å²) < 4.78 is 19.2. The first-order valence-corrected chi connectivity index (χ1v) is 9.27. The zero-order chi connectivity index (χ0) is 20.5. The van der Waals surface area contributed by atoms with E-state index >= 15 is 0 Å². The van der Waals surface area contributed by atoms with Crippen LogP contribution in [-0.2, 0) is 0 Å². The van der Waals surface area contributed by atoms with E-state index in [-0.39, 0.29) is 0 Å². The van der Waals surface area contributed by atoms with E-state index in [0.29, 0.717) is 43.1 Å². The number of pyridine rings is 1. The van der Waals surface area contributed by atoms with E-state index in [9.17, 15) is 0 Å². The fourth-order valence-electron chi connectivity index (χ4n) is 2.47. The first-order valence-electron chi connectivity index (χ1n) is 9.27. The molecule has 0 aromatic carbocycles. The van der Waals surface area contributed by atoms with E-state index in [2.05, 4.69) is 19.9 Å². The van der Waals surface area contributed by atoms with E-state index in [1.807, 2.05) is 42.7 Å². The van der Waals surface area contributed by atoms with E-state index in [4.69, 9.17) is 14.2 Å². The molecule has 9 heteroatoms. The van der Waals surface area contributed by atoms with Gasteiger partial charge in [0.25, 0.3) is 5.88 Å². The second-order valence-electron chi connectivity index (χ2n) is 6.43. The van der Waals surface area contributed by atoms with Gasteiger partial charge in [0.2, 0.25) is 0 Å². The number of ether oxygens (including phenoxy) is 3. The van der Waals surface area contributed by atoms with Crippen molar-refractivity contribution in [1.29, 1.82) is 0 Å². The van der Waals surface area contributed by atoms with Gasteiger partial charge in [0, 0.05) is 12.7 Å². The number of aryl methyl sites for hydroxylation is 1. The molecule has 0 fully saturated rings. The lowest BCUT2D eigenvalue weighted by Crippen LogP contribution is -2.36. The number of nitrogens with zero attached hydrogens (tertiary/aromatic N) is 6. The van der Waals surface area contributed by atoms with Gasteiger partial charge in [-0.3, -0.25) is 4.98 Å². The van der Waals surface area contributed by atoms with Crippen LogP contribution in [0.2, 0.25) is 0 Å². The van der Waals surface area contributed by atoms with Crippen LogP contribution in [0.25, 0.3) is 5.82 Å². The fourth-order valence-corrected chi connectivity index (χ4v) is 2.47. The monoisotopic (exact) mass is 397 g/mol. The van der Waals surface area contributed by atoms with Crippen molar-refractivity contribution >= 4 is 0 Å². The molecule has 3 heterocycles. The second kappa shape index (κ2) is 10.3. The SMILES string of the molecule is Cc1cncc[n+]1-c1nccnc1OCCOc1cccnc1OCCN(C)C. The third-order valence-electron chi connectivity index (χ3n) is 3.91. The Morgan fingerprint density at radius 2 is 1.66 bits per heavy atom. The zero-order valence-corrected chi connectivity index (χ0v) is 16.9. The average Bonchev–Trinajstić information content (AvgIpc) is 2.73. The minimum Gasteiger partial charge on any atom is -0.484 e. The Labute approximate surface area is 170 Å². The fraction of sp³-hybridized carbons (Fsp3) is 0.350. The third-order valence-corrected chi connectivity index (χ3v) is 3.91. The molecule has 0 saturated carbocycles. The Hall–Kier alpha value is -3.33. The van der Waals surface area contributed by atoms with Gasteiger partial charge in [0.1, 0.15) is 31.7 Å². The van der Waals surface area contributed by atoms with Crippen LogP contribution in [0.3, 0.4) is 0 Å². The predicted molar refractivity (Wildman–Crippen MR) is 105 cm³/mol. The Balaban J connectivity index is 1.58. The van der Waals surface area contributed by atoms with Crippen LogP contribution in [0.1, 0.15) is 5.69 Å². The molecule has 3 aromatic heterocycles. The summed E-state index contributed by atoms with van der Waals surface area (Å²) in [5.74, 6) is 2.07. The lowest BCUT2D eigenvalue weighted by Gasteiger charge is -2.13. The second-order valence-corrected chi connectivity index (χ2v) is 6.43. The van der Waals surface area contributed by atoms with Gasteiger partial charge in [-0.15, -0.1) is 0 Å². The van der Waals surface area contributed by atoms with Gasteiger partial charge in [-0.25, -0.2) is 9.97 Å². The molecule has 0 N–H and O–H groups in total. The van der Waals surface area contributed by atoms with Gasteiger partial charge in [-0.05, 0) is 38.1 Å². The first-order chi connectivity index (χ1) is 14.1. The molecule has 0 aliphatic rings. The first kappa shape index (κ1) is 20.4. The summed E-state index contributed by atoms with van der Waals surface area (Å²) in [7, 11) is 3.98. The molecule has 0 saturated heterocycles. The molecule has 152 valence electrons. The molecule has 29 heavy (non-hydrogen) atoms. The highest BCUT2D eigenvalue weighted by atomic mass is 16.5. The summed E-state index contributed by atoms with van der Waals surface area (Å²) in [4.78, 5) is 19.0. The van der Waals surface area contributed by atoms with Crippen LogP contribution >= 0.6 is 0 Å². The van der Waals surface area contributed by atoms with Crippen LogP contribution in [0.15, 0.2) is 49.3 Å². The summed E-state index contributed by atoms with van der Waals surface area (Å²) in [5.41, 5.74) is 0.920. The highest BCUT2D eigenvalue weighted by Crippen LogP contribution is 2.23. The van der Waals surface area contributed by atoms with Crippen molar-refractivity contribution in [3.05, 3.63) is 55.0 Å². The molecule has 0 spiro atoms. The van der Waals surface area contributed by atoms with Crippen molar-refractivity contribution < 1.29 is 18.8 Å². The zero-order valence-electron chi connectivity index (χ0n) is 16.9. The Bertz CT molecular complexity index is 922. The molecule has 9 nitrogen and oxygen atoms in total. The molecule has 0 amide bonds. The lowest BCUT2D eigenvalue weighted by molar-refractivity contribution is -0.607. The normalized spacial score (nSPS) is 10.8. The number of hydrogen-bond acceptors (Lipinski definition) is 8. The summed E-state index contributed by atoms with van der Waals surface area (Å²) in [6, 6.07) is 3.63. The van der Waals surface area contributed by atoms with Crippen LogP contribution in [0.4, 0.5) is 0 Å². The van der Waals surface area contributed by atoms with Crippen molar-refractivity contribution in [3.8, 4) is 23.3 Å². The third kappa shape index (κ3) is 5.82. The topological polar surface area (TPSA) is 86.4 Å². The Kier molecular flexibility index (Phi) is 7.23. The van der Waals surface area contributed by atoms with Gasteiger partial charge in [0.15, 0.2) is 11.9 Å². The molecule has 3 aromatic rings. The number of rotatable bonds is 10. The average molecular weight is 397 g/mol. The number of aromatic nitrogens is 5. The molecular formula is C20H25N6O3+. The Morgan fingerprint density at radius 1 is 0.897 bits per heavy atom. The summed E-state index contributed by atoms with van der Waals surface area (Å²) in [6.45, 7) is 3.87. The molecule has 0 atom stereocenters. The van der Waals surface area contributed by atoms with Crippen molar-refractivity contribution in [1.82, 2.24) is 24.8 Å². The smallest absolute Gasteiger partial charge is 0.391 e. The molecule has 0 unspecified atom stereocenters. The van der Waals surface area contributed by atoms with Gasteiger partial charge in [0.05, 0.1) is 18.6 Å². The van der Waals surface area contributed by atoms with Crippen molar-refractivity contribution in [2.75, 3.05) is 40.5 Å². The minimum atomic E-state index is 0.294. The summed E-state index contributed by atoms with van der Waals surface area (Å²) in [6.07, 6.45) is 10.1. The Morgan fingerprint density at radius 3 is 2.48 bits per heavy atom. The van der Waals surface area contributed by atoms with Crippen LogP contribution < -0.4 is 18.8 Å². The van der Waals surface area contributed by atoms with Gasteiger partial charge in [-0.1, -0.05) is 0 Å². The minimum absolute atomic E-state index is 0.294. The van der Waals surface area contributed by atoms with E-state index in [1.165, 1.54) is 0 Å². The van der Waals surface area contributed by atoms with Crippen LogP contribution in [-0.4, -0.2) is 65.3 Å². The molecule has 0 aliphatic carbocycles. The predicted octanol–water partition coefficient (Wildman–Crippen LogP) is 1.25. The van der Waals surface area contributed by atoms with Gasteiger partial charge >= 0.3 is 11.7 Å².